The summed E-state index contributed by atoms with van der Waals surface area (Å²) in [6.45, 7) is 0.579. The molecular weight excluding hydrogens is 390 g/mol. The molecule has 1 aliphatic rings. The number of nitrogens with zero attached hydrogens (tertiary/aromatic N) is 2. The summed E-state index contributed by atoms with van der Waals surface area (Å²) in [5.41, 5.74) is -0.283. The number of carbonyl (C=O) groups excluding carboxylic acids is 1. The van der Waals surface area contributed by atoms with Crippen LogP contribution in [-0.4, -0.2) is 79.3 Å². The lowest BCUT2D eigenvalue weighted by Crippen LogP contribution is -2.40. The quantitative estimate of drug-likeness (QED) is 0.588. The topological polar surface area (TPSA) is 146 Å². The van der Waals surface area contributed by atoms with Crippen molar-refractivity contribution in [2.24, 2.45) is 0 Å². The van der Waals surface area contributed by atoms with Crippen LogP contribution in [-0.2, 0) is 14.8 Å². The molecule has 1 aliphatic heterocycles. The summed E-state index contributed by atoms with van der Waals surface area (Å²) in [6, 6.07) is 4.06. The smallest absolute Gasteiger partial charge is 0.338 e. The Morgan fingerprint density at radius 2 is 1.96 bits per heavy atom. The highest BCUT2D eigenvalue weighted by Gasteiger charge is 2.28. The summed E-state index contributed by atoms with van der Waals surface area (Å²) in [4.78, 5) is 28.0. The van der Waals surface area contributed by atoms with Gasteiger partial charge in [-0.25, -0.2) is 13.2 Å². The Labute approximate surface area is 160 Å². The average Bonchev–Trinajstić information content (AvgIpc) is 2.71. The number of aliphatic hydroxyl groups excluding tert-OH is 1. The van der Waals surface area contributed by atoms with Gasteiger partial charge in [-0.2, -0.15) is 4.31 Å². The van der Waals surface area contributed by atoms with Crippen LogP contribution in [0.4, 0.5) is 0 Å². The van der Waals surface area contributed by atoms with Gasteiger partial charge in [-0.15, -0.1) is 0 Å². The summed E-state index contributed by atoms with van der Waals surface area (Å²) in [5.74, 6) is -2.11. The van der Waals surface area contributed by atoms with Crippen molar-refractivity contribution < 1.29 is 33.0 Å². The second kappa shape index (κ2) is 8.19. The van der Waals surface area contributed by atoms with Crippen LogP contribution in [0.25, 0.3) is 10.9 Å². The average molecular weight is 409 g/mol. The number of amides is 1. The number of rotatable bonds is 6. The molecular formula is C17H19N3O7S. The minimum Gasteiger partial charge on any atom is -0.478 e. The van der Waals surface area contributed by atoms with E-state index in [0.717, 1.165) is 6.20 Å². The number of ether oxygens (including phenoxy) is 1. The molecule has 1 saturated heterocycles. The van der Waals surface area contributed by atoms with Crippen molar-refractivity contribution in [2.45, 2.75) is 4.90 Å². The number of fused-ring (bicyclic) bond motifs is 1. The van der Waals surface area contributed by atoms with Gasteiger partial charge in [0.15, 0.2) is 0 Å². The number of aromatic nitrogens is 1. The minimum atomic E-state index is -3.84. The Morgan fingerprint density at radius 3 is 2.61 bits per heavy atom. The highest BCUT2D eigenvalue weighted by molar-refractivity contribution is 7.89. The van der Waals surface area contributed by atoms with Gasteiger partial charge in [0.2, 0.25) is 10.0 Å². The van der Waals surface area contributed by atoms with Crippen LogP contribution in [0.2, 0.25) is 0 Å². The van der Waals surface area contributed by atoms with Crippen molar-refractivity contribution in [3.8, 4) is 0 Å². The zero-order valence-electron chi connectivity index (χ0n) is 14.8. The number of pyridine rings is 1. The molecule has 28 heavy (non-hydrogen) atoms. The third-order valence-electron chi connectivity index (χ3n) is 4.30. The lowest BCUT2D eigenvalue weighted by Gasteiger charge is -2.26. The Hall–Kier alpha value is -2.60. The Balaban J connectivity index is 2.16. The van der Waals surface area contributed by atoms with Crippen LogP contribution in [0.15, 0.2) is 29.3 Å². The molecule has 1 fully saturated rings. The van der Waals surface area contributed by atoms with Gasteiger partial charge in [-0.05, 0) is 18.2 Å². The van der Waals surface area contributed by atoms with E-state index in [-0.39, 0.29) is 66.4 Å². The van der Waals surface area contributed by atoms with Crippen LogP contribution >= 0.6 is 0 Å². The molecule has 0 spiro atoms. The monoisotopic (exact) mass is 409 g/mol. The zero-order valence-corrected chi connectivity index (χ0v) is 15.6. The fourth-order valence-electron chi connectivity index (χ4n) is 2.93. The highest BCUT2D eigenvalue weighted by atomic mass is 32.2. The van der Waals surface area contributed by atoms with Gasteiger partial charge in [-0.3, -0.25) is 9.78 Å². The van der Waals surface area contributed by atoms with Crippen LogP contribution in [0, 0.1) is 0 Å². The molecule has 10 nitrogen and oxygen atoms in total. The standard InChI is InChI=1S/C17H19N3O7S/c21-6-3-18-16(22)15-12-9-11(28(25,26)20-4-7-27-8-5-20)1-2-14(12)19-10-13(15)17(23)24/h1-2,9-10,21H,3-8H2,(H,18,22)(H,23,24). The van der Waals surface area contributed by atoms with Crippen molar-refractivity contribution >= 4 is 32.8 Å². The third-order valence-corrected chi connectivity index (χ3v) is 6.20. The van der Waals surface area contributed by atoms with Crippen molar-refractivity contribution in [3.05, 3.63) is 35.5 Å². The van der Waals surface area contributed by atoms with E-state index in [4.69, 9.17) is 9.84 Å². The molecule has 0 bridgehead atoms. The van der Waals surface area contributed by atoms with E-state index in [1.54, 1.807) is 0 Å². The number of morpholine rings is 1. The van der Waals surface area contributed by atoms with E-state index in [0.29, 0.717) is 0 Å². The van der Waals surface area contributed by atoms with E-state index in [1.807, 2.05) is 0 Å². The van der Waals surface area contributed by atoms with Gasteiger partial charge < -0.3 is 20.3 Å². The molecule has 0 unspecified atom stereocenters. The Bertz CT molecular complexity index is 1020. The van der Waals surface area contributed by atoms with Crippen LogP contribution in [0.3, 0.4) is 0 Å². The molecule has 0 aliphatic carbocycles. The zero-order chi connectivity index (χ0) is 20.3. The third kappa shape index (κ3) is 3.83. The number of aromatic carboxylic acids is 1. The van der Waals surface area contributed by atoms with E-state index >= 15 is 0 Å². The van der Waals surface area contributed by atoms with E-state index in [2.05, 4.69) is 10.3 Å². The number of benzene rings is 1. The lowest BCUT2D eigenvalue weighted by atomic mass is 10.0. The molecule has 1 aromatic heterocycles. The molecule has 1 amide bonds. The summed E-state index contributed by atoms with van der Waals surface area (Å²) in [7, 11) is -3.84. The molecule has 2 heterocycles. The number of aliphatic hydroxyl groups is 1. The number of nitrogens with one attached hydrogen (secondary N) is 1. The van der Waals surface area contributed by atoms with Gasteiger partial charge in [-0.1, -0.05) is 0 Å². The molecule has 3 N–H and O–H groups in total. The second-order valence-corrected chi connectivity index (χ2v) is 7.96. The maximum absolute atomic E-state index is 12.9. The lowest BCUT2D eigenvalue weighted by molar-refractivity contribution is 0.0690. The second-order valence-electron chi connectivity index (χ2n) is 6.03. The van der Waals surface area contributed by atoms with Gasteiger partial charge >= 0.3 is 5.97 Å². The van der Waals surface area contributed by atoms with Crippen LogP contribution < -0.4 is 5.32 Å². The Kier molecular flexibility index (Phi) is 5.89. The first kappa shape index (κ1) is 20.1. The molecule has 150 valence electrons. The molecule has 11 heteroatoms. The van der Waals surface area contributed by atoms with E-state index in [9.17, 15) is 23.1 Å². The number of hydrogen-bond acceptors (Lipinski definition) is 7. The van der Waals surface area contributed by atoms with Gasteiger partial charge in [0, 0.05) is 31.2 Å². The first-order chi connectivity index (χ1) is 13.4. The minimum absolute atomic E-state index is 0.0672. The maximum Gasteiger partial charge on any atom is 0.338 e. The number of carboxylic acid groups (broad SMARTS) is 1. The normalized spacial score (nSPS) is 15.5. The first-order valence-corrected chi connectivity index (χ1v) is 9.93. The molecule has 0 saturated carbocycles. The van der Waals surface area contributed by atoms with Gasteiger partial charge in [0.25, 0.3) is 5.91 Å². The molecule has 1 aromatic carbocycles. The van der Waals surface area contributed by atoms with Crippen molar-refractivity contribution in [1.82, 2.24) is 14.6 Å². The Morgan fingerprint density at radius 1 is 1.25 bits per heavy atom. The summed E-state index contributed by atoms with van der Waals surface area (Å²) >= 11 is 0. The number of carbonyl (C=O) groups is 2. The van der Waals surface area contributed by atoms with Crippen molar-refractivity contribution in [1.29, 1.82) is 0 Å². The predicted molar refractivity (Wildman–Crippen MR) is 97.7 cm³/mol. The molecule has 0 radical (unpaired) electrons. The predicted octanol–water partition coefficient (Wildman–Crippen LogP) is -0.324. The molecule has 2 aromatic rings. The van der Waals surface area contributed by atoms with Gasteiger partial charge in [0.05, 0.1) is 41.4 Å². The SMILES string of the molecule is O=C(O)c1cnc2ccc(S(=O)(=O)N3CCOCC3)cc2c1C(=O)NCCO. The highest BCUT2D eigenvalue weighted by Crippen LogP contribution is 2.26. The van der Waals surface area contributed by atoms with Crippen molar-refractivity contribution in [2.75, 3.05) is 39.5 Å². The number of hydrogen-bond donors (Lipinski definition) is 3. The summed E-state index contributed by atoms with van der Waals surface area (Å²) < 4.78 is 32.3. The van der Waals surface area contributed by atoms with Crippen LogP contribution in [0.5, 0.6) is 0 Å². The number of carboxylic acids is 1. The fraction of sp³-hybridized carbons (Fsp3) is 0.353. The number of sulfonamides is 1. The molecule has 3 rings (SSSR count). The molecule has 0 atom stereocenters. The summed E-state index contributed by atoms with van der Waals surface area (Å²) in [5, 5.41) is 20.8. The summed E-state index contributed by atoms with van der Waals surface area (Å²) in [6.07, 6.45) is 1.05. The van der Waals surface area contributed by atoms with Gasteiger partial charge in [0.1, 0.15) is 0 Å². The fourth-order valence-corrected chi connectivity index (χ4v) is 4.37. The van der Waals surface area contributed by atoms with E-state index < -0.39 is 21.9 Å². The van der Waals surface area contributed by atoms with E-state index in [1.165, 1.54) is 22.5 Å². The van der Waals surface area contributed by atoms with Crippen LogP contribution in [0.1, 0.15) is 20.7 Å². The maximum atomic E-state index is 12.9. The largest absolute Gasteiger partial charge is 0.478 e. The first-order valence-electron chi connectivity index (χ1n) is 8.49. The van der Waals surface area contributed by atoms with Crippen molar-refractivity contribution in [3.63, 3.8) is 0 Å².